The summed E-state index contributed by atoms with van der Waals surface area (Å²) in [5, 5.41) is 6.41. The molecule has 2 N–H and O–H groups in total. The first kappa shape index (κ1) is 23.4. The van der Waals surface area contributed by atoms with E-state index in [1.165, 1.54) is 18.4 Å². The first-order valence-electron chi connectivity index (χ1n) is 9.74. The molecule has 0 aliphatic carbocycles. The zero-order valence-corrected chi connectivity index (χ0v) is 18.6. The molecule has 0 radical (unpaired) electrons. The fourth-order valence-electron chi connectivity index (χ4n) is 2.71. The number of benzene rings is 2. The van der Waals surface area contributed by atoms with Crippen LogP contribution in [0.15, 0.2) is 71.1 Å². The van der Waals surface area contributed by atoms with Gasteiger partial charge in [-0.3, -0.25) is 0 Å². The molecule has 8 heteroatoms. The molecular formula is C22H30N4O3S. The molecule has 0 heterocycles. The largest absolute Gasteiger partial charge is 0.489 e. The first-order chi connectivity index (χ1) is 14.4. The quantitative estimate of drug-likeness (QED) is 0.344. The van der Waals surface area contributed by atoms with E-state index in [1.807, 2.05) is 37.3 Å². The Kier molecular flexibility index (Phi) is 8.89. The molecule has 0 unspecified atom stereocenters. The molecule has 30 heavy (non-hydrogen) atoms. The second kappa shape index (κ2) is 11.4. The van der Waals surface area contributed by atoms with Crippen molar-refractivity contribution in [2.45, 2.75) is 24.9 Å². The summed E-state index contributed by atoms with van der Waals surface area (Å²) in [4.78, 5) is 4.90. The Morgan fingerprint density at radius 2 is 1.77 bits per heavy atom. The minimum atomic E-state index is -3.53. The lowest BCUT2D eigenvalue weighted by atomic mass is 10.2. The zero-order valence-electron chi connectivity index (χ0n) is 17.8. The van der Waals surface area contributed by atoms with Gasteiger partial charge in [-0.15, -0.1) is 0 Å². The van der Waals surface area contributed by atoms with Crippen molar-refractivity contribution in [3.8, 4) is 5.75 Å². The van der Waals surface area contributed by atoms with E-state index in [-0.39, 0.29) is 4.90 Å². The summed E-state index contributed by atoms with van der Waals surface area (Å²) in [6.45, 7) is 7.49. The van der Waals surface area contributed by atoms with Crippen LogP contribution >= 0.6 is 0 Å². The Morgan fingerprint density at radius 3 is 2.43 bits per heavy atom. The van der Waals surface area contributed by atoms with E-state index in [0.29, 0.717) is 37.8 Å². The van der Waals surface area contributed by atoms with Crippen LogP contribution in [0.1, 0.15) is 18.1 Å². The second-order valence-corrected chi connectivity index (χ2v) is 8.77. The van der Waals surface area contributed by atoms with Crippen molar-refractivity contribution >= 4 is 16.0 Å². The van der Waals surface area contributed by atoms with Crippen molar-refractivity contribution in [3.63, 3.8) is 0 Å². The number of aliphatic imine (C=N–C) groups is 1. The van der Waals surface area contributed by atoms with E-state index in [1.54, 1.807) is 24.3 Å². The third-order valence-electron chi connectivity index (χ3n) is 4.26. The number of nitrogens with zero attached hydrogens (tertiary/aromatic N) is 2. The Labute approximate surface area is 179 Å². The van der Waals surface area contributed by atoms with Crippen LogP contribution < -0.4 is 15.4 Å². The Bertz CT molecular complexity index is 972. The summed E-state index contributed by atoms with van der Waals surface area (Å²) in [6.07, 6.45) is 1.70. The summed E-state index contributed by atoms with van der Waals surface area (Å²) < 4.78 is 32.1. The van der Waals surface area contributed by atoms with Crippen LogP contribution in [-0.2, 0) is 23.1 Å². The summed E-state index contributed by atoms with van der Waals surface area (Å²) in [5.74, 6) is 1.35. The molecule has 0 bridgehead atoms. The standard InChI is InChI=1S/C22H30N4O3S/c1-5-15-29-20-13-9-7-11-18(20)16-24-22(23-6-2)25-17-19-12-8-10-14-21(19)30(27,28)26(3)4/h5,7-14H,1,6,15-17H2,2-4H3,(H2,23,24,25). The van der Waals surface area contributed by atoms with Gasteiger partial charge in [-0.25, -0.2) is 17.7 Å². The molecule has 7 nitrogen and oxygen atoms in total. The normalized spacial score (nSPS) is 11.9. The molecule has 162 valence electrons. The van der Waals surface area contributed by atoms with Gasteiger partial charge in [-0.1, -0.05) is 49.1 Å². The monoisotopic (exact) mass is 430 g/mol. The summed E-state index contributed by atoms with van der Waals surface area (Å²) in [6, 6.07) is 14.7. The lowest BCUT2D eigenvalue weighted by Crippen LogP contribution is -2.37. The highest BCUT2D eigenvalue weighted by Crippen LogP contribution is 2.20. The van der Waals surface area contributed by atoms with Crippen molar-refractivity contribution in [2.24, 2.45) is 4.99 Å². The molecule has 0 aliphatic heterocycles. The van der Waals surface area contributed by atoms with Crippen LogP contribution in [0, 0.1) is 0 Å². The minimum Gasteiger partial charge on any atom is -0.489 e. The van der Waals surface area contributed by atoms with E-state index in [9.17, 15) is 8.42 Å². The average molecular weight is 431 g/mol. The number of para-hydroxylation sites is 1. The van der Waals surface area contributed by atoms with E-state index in [0.717, 1.165) is 11.3 Å². The minimum absolute atomic E-state index is 0.279. The highest BCUT2D eigenvalue weighted by molar-refractivity contribution is 7.89. The predicted molar refractivity (Wildman–Crippen MR) is 121 cm³/mol. The van der Waals surface area contributed by atoms with Crippen molar-refractivity contribution in [3.05, 3.63) is 72.3 Å². The number of hydrogen-bond acceptors (Lipinski definition) is 4. The van der Waals surface area contributed by atoms with Gasteiger partial charge in [0.15, 0.2) is 5.96 Å². The molecular weight excluding hydrogens is 400 g/mol. The smallest absolute Gasteiger partial charge is 0.242 e. The van der Waals surface area contributed by atoms with E-state index < -0.39 is 10.0 Å². The van der Waals surface area contributed by atoms with Gasteiger partial charge in [0, 0.05) is 32.7 Å². The molecule has 2 rings (SSSR count). The fourth-order valence-corrected chi connectivity index (χ4v) is 3.82. The summed E-state index contributed by atoms with van der Waals surface area (Å²) in [7, 11) is -0.480. The van der Waals surface area contributed by atoms with Gasteiger partial charge in [-0.05, 0) is 24.6 Å². The van der Waals surface area contributed by atoms with Crippen molar-refractivity contribution in [1.29, 1.82) is 0 Å². The molecule has 0 fully saturated rings. The van der Waals surface area contributed by atoms with Crippen LogP contribution in [-0.4, -0.2) is 45.9 Å². The molecule has 0 spiro atoms. The average Bonchev–Trinajstić information content (AvgIpc) is 2.74. The lowest BCUT2D eigenvalue weighted by Gasteiger charge is -2.17. The van der Waals surface area contributed by atoms with Gasteiger partial charge >= 0.3 is 0 Å². The Morgan fingerprint density at radius 1 is 1.10 bits per heavy atom. The van der Waals surface area contributed by atoms with Gasteiger partial charge in [0.2, 0.25) is 10.0 Å². The highest BCUT2D eigenvalue weighted by atomic mass is 32.2. The highest BCUT2D eigenvalue weighted by Gasteiger charge is 2.20. The maximum Gasteiger partial charge on any atom is 0.242 e. The number of nitrogens with one attached hydrogen (secondary N) is 2. The molecule has 0 saturated carbocycles. The Hall–Kier alpha value is -2.84. The maximum absolute atomic E-state index is 12.6. The molecule has 2 aromatic carbocycles. The molecule has 2 aromatic rings. The van der Waals surface area contributed by atoms with Crippen LogP contribution in [0.5, 0.6) is 5.75 Å². The second-order valence-electron chi connectivity index (χ2n) is 6.65. The van der Waals surface area contributed by atoms with E-state index in [2.05, 4.69) is 22.2 Å². The number of ether oxygens (including phenoxy) is 1. The molecule has 0 amide bonds. The Balaban J connectivity index is 2.18. The van der Waals surface area contributed by atoms with Crippen LogP contribution in [0.2, 0.25) is 0 Å². The third-order valence-corrected chi connectivity index (χ3v) is 6.17. The van der Waals surface area contributed by atoms with Crippen LogP contribution in [0.25, 0.3) is 0 Å². The number of sulfonamides is 1. The van der Waals surface area contributed by atoms with Gasteiger partial charge in [0.05, 0.1) is 11.4 Å². The van der Waals surface area contributed by atoms with Crippen molar-refractivity contribution < 1.29 is 13.2 Å². The predicted octanol–water partition coefficient (Wildman–Crippen LogP) is 2.76. The number of rotatable bonds is 10. The van der Waals surface area contributed by atoms with E-state index >= 15 is 0 Å². The first-order valence-corrected chi connectivity index (χ1v) is 11.2. The SMILES string of the molecule is C=CCOc1ccccc1CN=C(NCC)NCc1ccccc1S(=O)(=O)N(C)C. The summed E-state index contributed by atoms with van der Waals surface area (Å²) >= 11 is 0. The molecule has 0 aliphatic rings. The van der Waals surface area contributed by atoms with E-state index in [4.69, 9.17) is 4.74 Å². The van der Waals surface area contributed by atoms with Crippen LogP contribution in [0.3, 0.4) is 0 Å². The van der Waals surface area contributed by atoms with Crippen molar-refractivity contribution in [2.75, 3.05) is 27.2 Å². The summed E-state index contributed by atoms with van der Waals surface area (Å²) in [5.41, 5.74) is 1.62. The van der Waals surface area contributed by atoms with Gasteiger partial charge in [0.1, 0.15) is 12.4 Å². The third kappa shape index (κ3) is 6.33. The molecule has 0 atom stereocenters. The lowest BCUT2D eigenvalue weighted by molar-refractivity contribution is 0.359. The van der Waals surface area contributed by atoms with Gasteiger partial charge < -0.3 is 15.4 Å². The molecule has 0 saturated heterocycles. The topological polar surface area (TPSA) is 83.0 Å². The van der Waals surface area contributed by atoms with Crippen LogP contribution in [0.4, 0.5) is 0 Å². The zero-order chi connectivity index (χ0) is 22.0. The molecule has 0 aromatic heterocycles. The number of guanidine groups is 1. The number of hydrogen-bond donors (Lipinski definition) is 2. The maximum atomic E-state index is 12.6. The van der Waals surface area contributed by atoms with Crippen molar-refractivity contribution in [1.82, 2.24) is 14.9 Å². The van der Waals surface area contributed by atoms with Gasteiger partial charge in [0.25, 0.3) is 0 Å². The van der Waals surface area contributed by atoms with Gasteiger partial charge in [-0.2, -0.15) is 0 Å². The fraction of sp³-hybridized carbons (Fsp3) is 0.318.